The van der Waals surface area contributed by atoms with Gasteiger partial charge in [-0.05, 0) is 18.3 Å². The van der Waals surface area contributed by atoms with Crippen LogP contribution in [0.4, 0.5) is 11.8 Å². The predicted molar refractivity (Wildman–Crippen MR) is 71.7 cm³/mol. The number of aromatic nitrogens is 2. The quantitative estimate of drug-likeness (QED) is 0.540. The zero-order valence-corrected chi connectivity index (χ0v) is 11.3. The van der Waals surface area contributed by atoms with Crippen molar-refractivity contribution in [3.05, 3.63) is 11.8 Å². The molecule has 0 atom stereocenters. The molecule has 0 saturated heterocycles. The van der Waals surface area contributed by atoms with Gasteiger partial charge < -0.3 is 5.32 Å². The van der Waals surface area contributed by atoms with E-state index in [1.807, 2.05) is 6.92 Å². The van der Waals surface area contributed by atoms with Gasteiger partial charge in [0.2, 0.25) is 5.95 Å². The van der Waals surface area contributed by atoms with Gasteiger partial charge in [0.05, 0.1) is 0 Å². The third-order valence-electron chi connectivity index (χ3n) is 3.38. The average molecular weight is 237 g/mol. The highest BCUT2D eigenvalue weighted by molar-refractivity contribution is 5.46. The normalized spacial score (nSPS) is 11.7. The molecule has 0 bridgehead atoms. The lowest BCUT2D eigenvalue weighted by molar-refractivity contribution is 0.269. The van der Waals surface area contributed by atoms with Gasteiger partial charge in [0, 0.05) is 18.3 Å². The van der Waals surface area contributed by atoms with Crippen LogP contribution in [0.3, 0.4) is 0 Å². The molecule has 0 spiro atoms. The molecule has 0 radical (unpaired) electrons. The number of nitrogen functional groups attached to an aromatic ring is 1. The summed E-state index contributed by atoms with van der Waals surface area (Å²) >= 11 is 0. The molecule has 0 aliphatic carbocycles. The fourth-order valence-corrected chi connectivity index (χ4v) is 1.21. The summed E-state index contributed by atoms with van der Waals surface area (Å²) in [7, 11) is 0. The summed E-state index contributed by atoms with van der Waals surface area (Å²) in [6.45, 7) is 11.8. The number of nitrogens with one attached hydrogen (secondary N) is 2. The summed E-state index contributed by atoms with van der Waals surface area (Å²) in [6, 6.07) is 0. The van der Waals surface area contributed by atoms with E-state index < -0.39 is 0 Å². The van der Waals surface area contributed by atoms with Crippen LogP contribution in [0.5, 0.6) is 0 Å². The number of nitrogens with two attached hydrogens (primary N) is 1. The maximum Gasteiger partial charge on any atom is 0.239 e. The van der Waals surface area contributed by atoms with Crippen molar-refractivity contribution in [2.45, 2.75) is 34.6 Å². The monoisotopic (exact) mass is 237 g/mol. The van der Waals surface area contributed by atoms with Crippen molar-refractivity contribution in [1.82, 2.24) is 9.97 Å². The molecule has 17 heavy (non-hydrogen) atoms. The number of hydrogen-bond acceptors (Lipinski definition) is 5. The highest BCUT2D eigenvalue weighted by Crippen LogP contribution is 2.26. The maximum atomic E-state index is 5.30. The van der Waals surface area contributed by atoms with E-state index in [9.17, 15) is 0 Å². The first-order valence-corrected chi connectivity index (χ1v) is 5.91. The molecule has 5 nitrogen and oxygen atoms in total. The van der Waals surface area contributed by atoms with Crippen molar-refractivity contribution >= 4 is 11.8 Å². The molecule has 96 valence electrons. The molecular weight excluding hydrogens is 214 g/mol. The molecule has 0 aliphatic rings. The zero-order valence-electron chi connectivity index (χ0n) is 11.3. The number of rotatable bonds is 5. The van der Waals surface area contributed by atoms with Crippen molar-refractivity contribution in [1.29, 1.82) is 0 Å². The Balaban J connectivity index is 2.75. The zero-order chi connectivity index (χ0) is 13.1. The van der Waals surface area contributed by atoms with E-state index in [0.717, 1.165) is 17.9 Å². The average Bonchev–Trinajstić information content (AvgIpc) is 2.28. The van der Waals surface area contributed by atoms with Gasteiger partial charge >= 0.3 is 0 Å². The number of aryl methyl sites for hydroxylation is 1. The third-order valence-corrected chi connectivity index (χ3v) is 3.38. The Kier molecular flexibility index (Phi) is 4.28. The van der Waals surface area contributed by atoms with Gasteiger partial charge in [0.15, 0.2) is 0 Å². The Morgan fingerprint density at radius 1 is 1.41 bits per heavy atom. The third kappa shape index (κ3) is 3.56. The van der Waals surface area contributed by atoms with Gasteiger partial charge in [-0.3, -0.25) is 5.43 Å². The lowest BCUT2D eigenvalue weighted by Crippen LogP contribution is -2.29. The van der Waals surface area contributed by atoms with E-state index in [1.54, 1.807) is 6.20 Å². The highest BCUT2D eigenvalue weighted by Gasteiger charge is 2.22. The van der Waals surface area contributed by atoms with Crippen LogP contribution < -0.4 is 16.6 Å². The van der Waals surface area contributed by atoms with E-state index in [1.165, 1.54) is 0 Å². The molecule has 4 N–H and O–H groups in total. The predicted octanol–water partition coefficient (Wildman–Crippen LogP) is 2.16. The van der Waals surface area contributed by atoms with Gasteiger partial charge in [-0.2, -0.15) is 4.98 Å². The minimum absolute atomic E-state index is 0.216. The van der Waals surface area contributed by atoms with Crippen molar-refractivity contribution in [2.75, 3.05) is 17.3 Å². The Labute approximate surface area is 103 Å². The Bertz CT molecular complexity index is 373. The minimum Gasteiger partial charge on any atom is -0.369 e. The standard InChI is InChI=1S/C12H23N5/c1-8(2)12(4,5)7-15-10-9(3)6-14-11(16-10)17-13/h6,8H,7,13H2,1-5H3,(H2,14,15,16,17). The van der Waals surface area contributed by atoms with Gasteiger partial charge in [-0.15, -0.1) is 0 Å². The van der Waals surface area contributed by atoms with E-state index in [-0.39, 0.29) is 5.41 Å². The van der Waals surface area contributed by atoms with Crippen LogP contribution in [-0.4, -0.2) is 16.5 Å². The Morgan fingerprint density at radius 2 is 2.06 bits per heavy atom. The first kappa shape index (κ1) is 13.7. The molecule has 0 unspecified atom stereocenters. The summed E-state index contributed by atoms with van der Waals surface area (Å²) in [6.07, 6.45) is 1.76. The van der Waals surface area contributed by atoms with Crippen LogP contribution in [0.25, 0.3) is 0 Å². The van der Waals surface area contributed by atoms with E-state index in [2.05, 4.69) is 48.4 Å². The fourth-order valence-electron chi connectivity index (χ4n) is 1.21. The second-order valence-corrected chi connectivity index (χ2v) is 5.37. The number of hydrazine groups is 1. The largest absolute Gasteiger partial charge is 0.369 e. The molecular formula is C12H23N5. The second kappa shape index (κ2) is 5.31. The number of hydrogen-bond donors (Lipinski definition) is 3. The maximum absolute atomic E-state index is 5.30. The molecule has 0 aliphatic heterocycles. The summed E-state index contributed by atoms with van der Waals surface area (Å²) in [5.41, 5.74) is 3.69. The van der Waals surface area contributed by atoms with Crippen LogP contribution in [0.2, 0.25) is 0 Å². The van der Waals surface area contributed by atoms with Crippen LogP contribution in [0.15, 0.2) is 6.20 Å². The van der Waals surface area contributed by atoms with Gasteiger partial charge in [-0.25, -0.2) is 10.8 Å². The summed E-state index contributed by atoms with van der Waals surface area (Å²) in [5, 5.41) is 3.36. The summed E-state index contributed by atoms with van der Waals surface area (Å²) in [4.78, 5) is 8.34. The smallest absolute Gasteiger partial charge is 0.239 e. The van der Waals surface area contributed by atoms with Crippen molar-refractivity contribution in [3.63, 3.8) is 0 Å². The summed E-state index contributed by atoms with van der Waals surface area (Å²) < 4.78 is 0. The van der Waals surface area contributed by atoms with Crippen LogP contribution in [0.1, 0.15) is 33.3 Å². The van der Waals surface area contributed by atoms with Crippen molar-refractivity contribution in [2.24, 2.45) is 17.2 Å². The lowest BCUT2D eigenvalue weighted by Gasteiger charge is -2.29. The fraction of sp³-hybridized carbons (Fsp3) is 0.667. The van der Waals surface area contributed by atoms with Crippen LogP contribution in [0, 0.1) is 18.3 Å². The molecule has 5 heteroatoms. The second-order valence-electron chi connectivity index (χ2n) is 5.37. The van der Waals surface area contributed by atoms with E-state index in [4.69, 9.17) is 5.84 Å². The Morgan fingerprint density at radius 3 is 2.59 bits per heavy atom. The van der Waals surface area contributed by atoms with Crippen LogP contribution in [-0.2, 0) is 0 Å². The van der Waals surface area contributed by atoms with Gasteiger partial charge in [0.1, 0.15) is 5.82 Å². The molecule has 0 saturated carbocycles. The lowest BCUT2D eigenvalue weighted by atomic mass is 9.81. The molecule has 1 rings (SSSR count). The van der Waals surface area contributed by atoms with Gasteiger partial charge in [-0.1, -0.05) is 27.7 Å². The molecule has 0 amide bonds. The number of nitrogens with zero attached hydrogens (tertiary/aromatic N) is 2. The molecule has 1 aromatic rings. The van der Waals surface area contributed by atoms with E-state index in [0.29, 0.717) is 11.9 Å². The first-order chi connectivity index (χ1) is 7.86. The molecule has 1 aromatic heterocycles. The highest BCUT2D eigenvalue weighted by atomic mass is 15.3. The van der Waals surface area contributed by atoms with Crippen molar-refractivity contribution in [3.8, 4) is 0 Å². The number of anilines is 2. The van der Waals surface area contributed by atoms with Crippen LogP contribution >= 0.6 is 0 Å². The molecule has 0 fully saturated rings. The summed E-state index contributed by atoms with van der Waals surface area (Å²) in [5.74, 6) is 7.16. The first-order valence-electron chi connectivity index (χ1n) is 5.91. The van der Waals surface area contributed by atoms with E-state index >= 15 is 0 Å². The topological polar surface area (TPSA) is 75.9 Å². The Hall–Kier alpha value is -1.36. The minimum atomic E-state index is 0.216. The van der Waals surface area contributed by atoms with Crippen molar-refractivity contribution < 1.29 is 0 Å². The molecule has 1 heterocycles. The van der Waals surface area contributed by atoms with Gasteiger partial charge in [0.25, 0.3) is 0 Å². The molecule has 0 aromatic carbocycles. The SMILES string of the molecule is Cc1cnc(NN)nc1NCC(C)(C)C(C)C.